The van der Waals surface area contributed by atoms with Crippen LogP contribution >= 0.6 is 23.1 Å². The summed E-state index contributed by atoms with van der Waals surface area (Å²) in [5.74, 6) is -0.840. The van der Waals surface area contributed by atoms with Crippen LogP contribution in [0.1, 0.15) is 11.1 Å². The summed E-state index contributed by atoms with van der Waals surface area (Å²) in [4.78, 5) is 43.2. The molecule has 0 fully saturated rings. The van der Waals surface area contributed by atoms with E-state index in [0.717, 1.165) is 34.0 Å². The first kappa shape index (κ1) is 23.7. The molecule has 0 saturated carbocycles. The van der Waals surface area contributed by atoms with Gasteiger partial charge in [-0.15, -0.1) is 17.9 Å². The molecule has 0 atom stereocenters. The lowest BCUT2D eigenvalue weighted by atomic mass is 10.1. The van der Waals surface area contributed by atoms with E-state index in [1.807, 2.05) is 66.9 Å². The number of amides is 2. The summed E-state index contributed by atoms with van der Waals surface area (Å²) in [5, 5.41) is 5.31. The molecule has 2 aromatic heterocycles. The van der Waals surface area contributed by atoms with Gasteiger partial charge in [-0.3, -0.25) is 24.3 Å². The van der Waals surface area contributed by atoms with Crippen molar-refractivity contribution >= 4 is 45.1 Å². The summed E-state index contributed by atoms with van der Waals surface area (Å²) in [6.45, 7) is 6.04. The maximum Gasteiger partial charge on any atom is 0.263 e. The Morgan fingerprint density at radius 3 is 2.56 bits per heavy atom. The first-order chi connectivity index (χ1) is 16.5. The minimum absolute atomic E-state index is 0.0359. The van der Waals surface area contributed by atoms with Crippen molar-refractivity contribution in [2.45, 2.75) is 25.0 Å². The van der Waals surface area contributed by atoms with Gasteiger partial charge in [0.2, 0.25) is 11.8 Å². The van der Waals surface area contributed by atoms with Crippen molar-refractivity contribution in [3.05, 3.63) is 94.1 Å². The number of rotatable bonds is 8. The molecule has 0 saturated heterocycles. The number of carbonyl (C=O) groups excluding carboxylic acids is 2. The molecule has 0 unspecified atom stereocenters. The molecule has 6 nitrogen and oxygen atoms in total. The predicted octanol–water partition coefficient (Wildman–Crippen LogP) is 4.60. The highest BCUT2D eigenvalue weighted by Gasteiger charge is 2.18. The van der Waals surface area contributed by atoms with Crippen LogP contribution in [0.4, 0.5) is 0 Å². The second-order valence-corrected chi connectivity index (χ2v) is 9.52. The number of fused-ring (bicyclic) bond motifs is 1. The van der Waals surface area contributed by atoms with E-state index in [1.165, 1.54) is 15.9 Å². The van der Waals surface area contributed by atoms with Gasteiger partial charge >= 0.3 is 0 Å². The van der Waals surface area contributed by atoms with Crippen molar-refractivity contribution in [3.8, 4) is 11.1 Å². The van der Waals surface area contributed by atoms with E-state index < -0.39 is 5.91 Å². The Balaban J connectivity index is 1.54. The Morgan fingerprint density at radius 1 is 1.12 bits per heavy atom. The van der Waals surface area contributed by atoms with Crippen LogP contribution < -0.4 is 10.9 Å². The Morgan fingerprint density at radius 2 is 1.85 bits per heavy atom. The van der Waals surface area contributed by atoms with Gasteiger partial charge in [-0.2, -0.15) is 0 Å². The Labute approximate surface area is 205 Å². The van der Waals surface area contributed by atoms with Crippen molar-refractivity contribution < 1.29 is 9.59 Å². The number of hydrogen-bond donors (Lipinski definition) is 1. The van der Waals surface area contributed by atoms with Crippen molar-refractivity contribution in [3.63, 3.8) is 0 Å². The van der Waals surface area contributed by atoms with Gasteiger partial charge in [0.15, 0.2) is 5.16 Å². The largest absolute Gasteiger partial charge is 0.295 e. The van der Waals surface area contributed by atoms with E-state index >= 15 is 0 Å². The lowest BCUT2D eigenvalue weighted by Crippen LogP contribution is -2.33. The molecular formula is C26H23N3O3S2. The van der Waals surface area contributed by atoms with Gasteiger partial charge in [-0.05, 0) is 18.1 Å². The zero-order valence-electron chi connectivity index (χ0n) is 18.6. The number of aryl methyl sites for hydroxylation is 1. The number of nitrogens with zero attached hydrogens (tertiary/aromatic N) is 2. The number of allylic oxidation sites excluding steroid dienone is 1. The first-order valence-corrected chi connectivity index (χ1v) is 12.5. The molecular weight excluding hydrogens is 466 g/mol. The third kappa shape index (κ3) is 5.35. The van der Waals surface area contributed by atoms with Crippen LogP contribution in [0.2, 0.25) is 0 Å². The third-order valence-corrected chi connectivity index (χ3v) is 7.00. The Hall–Kier alpha value is -3.49. The third-order valence-electron chi connectivity index (χ3n) is 5.15. The van der Waals surface area contributed by atoms with Crippen LogP contribution in [-0.2, 0) is 22.6 Å². The van der Waals surface area contributed by atoms with Gasteiger partial charge in [0, 0.05) is 17.5 Å². The van der Waals surface area contributed by atoms with E-state index in [2.05, 4.69) is 16.9 Å². The smallest absolute Gasteiger partial charge is 0.263 e. The molecule has 4 aromatic rings. The molecule has 34 heavy (non-hydrogen) atoms. The van der Waals surface area contributed by atoms with Crippen molar-refractivity contribution in [2.75, 3.05) is 5.75 Å². The number of thiophene rings is 1. The number of benzene rings is 2. The molecule has 0 radical (unpaired) electrons. The number of hydrogen-bond acceptors (Lipinski definition) is 6. The van der Waals surface area contributed by atoms with Gasteiger partial charge < -0.3 is 0 Å². The average molecular weight is 490 g/mol. The van der Waals surface area contributed by atoms with Gasteiger partial charge in [0.25, 0.3) is 5.56 Å². The Kier molecular flexibility index (Phi) is 7.40. The van der Waals surface area contributed by atoms with Crippen LogP contribution in [-0.4, -0.2) is 27.1 Å². The zero-order valence-corrected chi connectivity index (χ0v) is 20.2. The fourth-order valence-corrected chi connectivity index (χ4v) is 5.30. The van der Waals surface area contributed by atoms with E-state index in [-0.39, 0.29) is 30.2 Å². The van der Waals surface area contributed by atoms with Crippen LogP contribution in [0, 0.1) is 6.92 Å². The van der Waals surface area contributed by atoms with Gasteiger partial charge in [0.05, 0.1) is 17.6 Å². The highest BCUT2D eigenvalue weighted by molar-refractivity contribution is 7.99. The molecule has 0 bridgehead atoms. The minimum Gasteiger partial charge on any atom is -0.295 e. The molecule has 2 heterocycles. The van der Waals surface area contributed by atoms with Crippen molar-refractivity contribution in [1.82, 2.24) is 14.9 Å². The Bertz CT molecular complexity index is 1410. The number of nitrogens with one attached hydrogen (secondary N) is 1. The fourth-order valence-electron chi connectivity index (χ4n) is 3.50. The normalized spacial score (nSPS) is 10.9. The molecule has 2 aromatic carbocycles. The van der Waals surface area contributed by atoms with E-state index in [9.17, 15) is 14.4 Å². The summed E-state index contributed by atoms with van der Waals surface area (Å²) in [6.07, 6.45) is 1.75. The van der Waals surface area contributed by atoms with Crippen molar-refractivity contribution in [2.24, 2.45) is 0 Å². The molecule has 0 aliphatic heterocycles. The van der Waals surface area contributed by atoms with E-state index in [4.69, 9.17) is 0 Å². The maximum absolute atomic E-state index is 13.4. The SMILES string of the molecule is C=CCn1c(SCC(=O)NC(=O)Cc2ccccc2)nc2scc(-c3ccc(C)cc3)c2c1=O. The lowest BCUT2D eigenvalue weighted by Gasteiger charge is -2.11. The van der Waals surface area contributed by atoms with Gasteiger partial charge in [-0.1, -0.05) is 78.0 Å². The molecule has 2 amide bonds. The first-order valence-electron chi connectivity index (χ1n) is 10.7. The standard InChI is InChI=1S/C26H23N3O3S2/c1-3-13-29-25(32)23-20(19-11-9-17(2)10-12-19)15-33-24(23)28-26(29)34-16-22(31)27-21(30)14-18-7-5-4-6-8-18/h3-12,15H,1,13-14,16H2,2H3,(H,27,30,31). The van der Waals surface area contributed by atoms with E-state index in [0.29, 0.717) is 15.4 Å². The van der Waals surface area contributed by atoms with Gasteiger partial charge in [0.1, 0.15) is 4.83 Å². The van der Waals surface area contributed by atoms with Crippen LogP contribution in [0.25, 0.3) is 21.3 Å². The fraction of sp³-hybridized carbons (Fsp3) is 0.154. The molecule has 0 spiro atoms. The highest BCUT2D eigenvalue weighted by atomic mass is 32.2. The van der Waals surface area contributed by atoms with Crippen LogP contribution in [0.3, 0.4) is 0 Å². The molecule has 0 aliphatic carbocycles. The molecule has 0 aliphatic rings. The van der Waals surface area contributed by atoms with Crippen molar-refractivity contribution in [1.29, 1.82) is 0 Å². The topological polar surface area (TPSA) is 81.1 Å². The summed E-state index contributed by atoms with van der Waals surface area (Å²) in [6, 6.07) is 17.2. The highest BCUT2D eigenvalue weighted by Crippen LogP contribution is 2.32. The van der Waals surface area contributed by atoms with Crippen LogP contribution in [0.5, 0.6) is 0 Å². The molecule has 1 N–H and O–H groups in total. The van der Waals surface area contributed by atoms with Crippen LogP contribution in [0.15, 0.2) is 82.6 Å². The van der Waals surface area contributed by atoms with Gasteiger partial charge in [-0.25, -0.2) is 4.98 Å². The maximum atomic E-state index is 13.4. The summed E-state index contributed by atoms with van der Waals surface area (Å²) in [7, 11) is 0. The quantitative estimate of drug-likeness (QED) is 0.222. The number of thioether (sulfide) groups is 1. The molecule has 8 heteroatoms. The summed E-state index contributed by atoms with van der Waals surface area (Å²) < 4.78 is 1.52. The zero-order chi connectivity index (χ0) is 24.1. The number of imide groups is 1. The minimum atomic E-state index is -0.433. The molecule has 172 valence electrons. The molecule has 4 rings (SSSR count). The summed E-state index contributed by atoms with van der Waals surface area (Å²) >= 11 is 2.52. The average Bonchev–Trinajstić information content (AvgIpc) is 3.25. The number of aromatic nitrogens is 2. The second kappa shape index (κ2) is 10.6. The lowest BCUT2D eigenvalue weighted by molar-refractivity contribution is -0.128. The second-order valence-electron chi connectivity index (χ2n) is 7.72. The number of carbonyl (C=O) groups is 2. The van der Waals surface area contributed by atoms with E-state index in [1.54, 1.807) is 6.08 Å². The monoisotopic (exact) mass is 489 g/mol. The predicted molar refractivity (Wildman–Crippen MR) is 138 cm³/mol. The summed E-state index contributed by atoms with van der Waals surface area (Å²) in [5.41, 5.74) is 3.60.